The van der Waals surface area contributed by atoms with Crippen molar-refractivity contribution in [2.24, 2.45) is 0 Å². The molecule has 0 saturated carbocycles. The van der Waals surface area contributed by atoms with Gasteiger partial charge in [-0.15, -0.1) is 0 Å². The van der Waals surface area contributed by atoms with E-state index in [1.165, 1.54) is 0 Å². The normalized spacial score (nSPS) is 11.7. The van der Waals surface area contributed by atoms with Crippen LogP contribution in [0.25, 0.3) is 0 Å². The Balaban J connectivity index is 2.78. The van der Waals surface area contributed by atoms with Crippen molar-refractivity contribution in [2.75, 3.05) is 11.9 Å². The first-order chi connectivity index (χ1) is 8.24. The van der Waals surface area contributed by atoms with E-state index in [-0.39, 0.29) is 16.3 Å². The van der Waals surface area contributed by atoms with Crippen molar-refractivity contribution in [1.82, 2.24) is 0 Å². The molecule has 2 N–H and O–H groups in total. The summed E-state index contributed by atoms with van der Waals surface area (Å²) in [5.74, 6) is -5.42. The van der Waals surface area contributed by atoms with E-state index in [2.05, 4.69) is 0 Å². The topological polar surface area (TPSA) is 49.3 Å². The Bertz CT molecular complexity index is 454. The predicted octanol–water partition coefficient (Wildman–Crippen LogP) is 3.35. The number of hydrogen-bond acceptors (Lipinski definition) is 2. The zero-order valence-corrected chi connectivity index (χ0v) is 9.52. The predicted molar refractivity (Wildman–Crippen MR) is 57.9 cm³/mol. The molecular formula is C10H8ClF4NO2. The van der Waals surface area contributed by atoms with Crippen LogP contribution in [0.15, 0.2) is 18.2 Å². The number of alkyl halides is 4. The van der Waals surface area contributed by atoms with Crippen LogP contribution in [0, 0.1) is 0 Å². The first kappa shape index (κ1) is 14.6. The van der Waals surface area contributed by atoms with E-state index >= 15 is 0 Å². The molecule has 18 heavy (non-hydrogen) atoms. The Morgan fingerprint density at radius 3 is 2.50 bits per heavy atom. The van der Waals surface area contributed by atoms with E-state index in [0.717, 1.165) is 18.2 Å². The van der Waals surface area contributed by atoms with Crippen molar-refractivity contribution in [3.8, 4) is 0 Å². The lowest BCUT2D eigenvalue weighted by atomic mass is 10.2. The first-order valence-electron chi connectivity index (χ1n) is 4.66. The summed E-state index contributed by atoms with van der Waals surface area (Å²) in [4.78, 5) is 10.6. The van der Waals surface area contributed by atoms with Gasteiger partial charge in [-0.2, -0.15) is 8.78 Å². The van der Waals surface area contributed by atoms with Crippen LogP contribution in [0.5, 0.6) is 0 Å². The van der Waals surface area contributed by atoms with Crippen molar-refractivity contribution < 1.29 is 27.5 Å². The number of aromatic carboxylic acids is 1. The van der Waals surface area contributed by atoms with Gasteiger partial charge in [0.15, 0.2) is 0 Å². The van der Waals surface area contributed by atoms with Gasteiger partial charge < -0.3 is 10.4 Å². The smallest absolute Gasteiger partial charge is 0.335 e. The van der Waals surface area contributed by atoms with Crippen LogP contribution in [0.2, 0.25) is 5.02 Å². The first-order valence-corrected chi connectivity index (χ1v) is 5.04. The number of hydrogen-bond donors (Lipinski definition) is 2. The summed E-state index contributed by atoms with van der Waals surface area (Å²) >= 11 is 5.62. The van der Waals surface area contributed by atoms with Crippen molar-refractivity contribution in [1.29, 1.82) is 0 Å². The molecule has 0 atom stereocenters. The van der Waals surface area contributed by atoms with Gasteiger partial charge in [-0.05, 0) is 18.2 Å². The molecule has 0 radical (unpaired) electrons. The Labute approximate surface area is 104 Å². The highest BCUT2D eigenvalue weighted by atomic mass is 35.5. The second-order valence-corrected chi connectivity index (χ2v) is 3.82. The van der Waals surface area contributed by atoms with Crippen LogP contribution >= 0.6 is 11.6 Å². The molecule has 8 heteroatoms. The molecule has 0 aromatic heterocycles. The van der Waals surface area contributed by atoms with Crippen LogP contribution in [0.1, 0.15) is 10.4 Å². The van der Waals surface area contributed by atoms with Gasteiger partial charge in [-0.25, -0.2) is 13.6 Å². The van der Waals surface area contributed by atoms with Crippen molar-refractivity contribution in [3.05, 3.63) is 28.8 Å². The maximum atomic E-state index is 12.6. The molecule has 0 bridgehead atoms. The summed E-state index contributed by atoms with van der Waals surface area (Å²) in [6.45, 7) is -1.29. The minimum Gasteiger partial charge on any atom is -0.478 e. The van der Waals surface area contributed by atoms with E-state index in [9.17, 15) is 22.4 Å². The van der Waals surface area contributed by atoms with Crippen molar-refractivity contribution in [3.63, 3.8) is 0 Å². The van der Waals surface area contributed by atoms with E-state index in [0.29, 0.717) is 0 Å². The van der Waals surface area contributed by atoms with E-state index in [1.807, 2.05) is 5.32 Å². The van der Waals surface area contributed by atoms with Gasteiger partial charge in [0, 0.05) is 0 Å². The zero-order chi connectivity index (χ0) is 13.9. The molecule has 100 valence electrons. The Morgan fingerprint density at radius 2 is 2.06 bits per heavy atom. The molecular weight excluding hydrogens is 278 g/mol. The maximum absolute atomic E-state index is 12.6. The molecule has 1 aromatic carbocycles. The fourth-order valence-electron chi connectivity index (χ4n) is 1.08. The molecule has 0 unspecified atom stereocenters. The summed E-state index contributed by atoms with van der Waals surface area (Å²) in [5, 5.41) is 10.5. The number of benzene rings is 1. The average molecular weight is 286 g/mol. The maximum Gasteiger partial charge on any atom is 0.335 e. The number of rotatable bonds is 5. The van der Waals surface area contributed by atoms with Gasteiger partial charge >= 0.3 is 18.3 Å². The lowest BCUT2D eigenvalue weighted by molar-refractivity contribution is -0.117. The minimum atomic E-state index is -4.19. The number of carboxylic acid groups (broad SMARTS) is 1. The van der Waals surface area contributed by atoms with Crippen LogP contribution in [-0.4, -0.2) is 30.0 Å². The minimum absolute atomic E-state index is 0.0398. The van der Waals surface area contributed by atoms with Crippen LogP contribution in [-0.2, 0) is 0 Å². The third-order valence-electron chi connectivity index (χ3n) is 2.05. The van der Waals surface area contributed by atoms with Crippen molar-refractivity contribution in [2.45, 2.75) is 12.3 Å². The third kappa shape index (κ3) is 3.49. The molecule has 1 rings (SSSR count). The fraction of sp³-hybridized carbons (Fsp3) is 0.300. The lowest BCUT2D eigenvalue weighted by Crippen LogP contribution is -2.34. The van der Waals surface area contributed by atoms with Gasteiger partial charge in [0.1, 0.15) is 0 Å². The highest BCUT2D eigenvalue weighted by Crippen LogP contribution is 2.27. The SMILES string of the molecule is O=C(O)c1ccc(NCC(F)(F)C(F)F)c(Cl)c1. The molecule has 0 aliphatic heterocycles. The standard InChI is InChI=1S/C10H8ClF4NO2/c11-6-3-5(8(17)18)1-2-7(6)16-4-10(14,15)9(12)13/h1-3,9,16H,4H2,(H,17,18). The Morgan fingerprint density at radius 1 is 1.44 bits per heavy atom. The van der Waals surface area contributed by atoms with Crippen LogP contribution in [0.3, 0.4) is 0 Å². The molecule has 0 aliphatic rings. The van der Waals surface area contributed by atoms with Crippen LogP contribution < -0.4 is 5.32 Å². The molecule has 0 aliphatic carbocycles. The Hall–Kier alpha value is -1.50. The van der Waals surface area contributed by atoms with Gasteiger partial charge in [0.2, 0.25) is 0 Å². The molecule has 0 fully saturated rings. The third-order valence-corrected chi connectivity index (χ3v) is 2.36. The number of carbonyl (C=O) groups is 1. The van der Waals surface area contributed by atoms with E-state index < -0.39 is 24.9 Å². The van der Waals surface area contributed by atoms with Crippen molar-refractivity contribution >= 4 is 23.3 Å². The average Bonchev–Trinajstić information content (AvgIpc) is 2.26. The molecule has 3 nitrogen and oxygen atoms in total. The largest absolute Gasteiger partial charge is 0.478 e. The lowest BCUT2D eigenvalue weighted by Gasteiger charge is -2.17. The van der Waals surface area contributed by atoms with Gasteiger partial charge in [0.25, 0.3) is 0 Å². The second kappa shape index (κ2) is 5.43. The van der Waals surface area contributed by atoms with Gasteiger partial charge in [-0.1, -0.05) is 11.6 Å². The summed E-state index contributed by atoms with van der Waals surface area (Å²) in [6.07, 6.45) is -3.79. The Kier molecular flexibility index (Phi) is 4.39. The quantitative estimate of drug-likeness (QED) is 0.816. The fourth-order valence-corrected chi connectivity index (χ4v) is 1.33. The number of nitrogens with one attached hydrogen (secondary N) is 1. The summed E-state index contributed by atoms with van der Waals surface area (Å²) in [6, 6.07) is 3.29. The van der Waals surface area contributed by atoms with E-state index in [4.69, 9.17) is 16.7 Å². The van der Waals surface area contributed by atoms with Gasteiger partial charge in [0.05, 0.1) is 22.8 Å². The molecule has 0 saturated heterocycles. The monoisotopic (exact) mass is 285 g/mol. The molecule has 0 spiro atoms. The zero-order valence-electron chi connectivity index (χ0n) is 8.76. The summed E-state index contributed by atoms with van der Waals surface area (Å²) in [5.41, 5.74) is -0.173. The highest BCUT2D eigenvalue weighted by molar-refractivity contribution is 6.33. The van der Waals surface area contributed by atoms with E-state index in [1.54, 1.807) is 0 Å². The number of carboxylic acids is 1. The highest BCUT2D eigenvalue weighted by Gasteiger charge is 2.40. The molecule has 1 aromatic rings. The number of halogens is 5. The summed E-state index contributed by atoms with van der Waals surface area (Å²) < 4.78 is 49.0. The molecule has 0 amide bonds. The van der Waals surface area contributed by atoms with Gasteiger partial charge in [-0.3, -0.25) is 0 Å². The second-order valence-electron chi connectivity index (χ2n) is 3.42. The summed E-state index contributed by atoms with van der Waals surface area (Å²) in [7, 11) is 0. The van der Waals surface area contributed by atoms with Crippen LogP contribution in [0.4, 0.5) is 23.2 Å². The number of anilines is 1. The molecule has 0 heterocycles.